The molecular formula is C10H14N2O2S. The maximum absolute atomic E-state index is 10.6. The first-order valence-corrected chi connectivity index (χ1v) is 5.89. The summed E-state index contributed by atoms with van der Waals surface area (Å²) in [4.78, 5) is 17.0. The highest BCUT2D eigenvalue weighted by Gasteiger charge is 2.21. The van der Waals surface area contributed by atoms with Gasteiger partial charge in [0.25, 0.3) is 0 Å². The lowest BCUT2D eigenvalue weighted by atomic mass is 10.1. The van der Waals surface area contributed by atoms with Gasteiger partial charge in [-0.15, -0.1) is 11.3 Å². The molecule has 0 aromatic carbocycles. The topological polar surface area (TPSA) is 53.4 Å². The molecule has 1 aliphatic heterocycles. The van der Waals surface area contributed by atoms with Crippen molar-refractivity contribution in [1.29, 1.82) is 0 Å². The van der Waals surface area contributed by atoms with Gasteiger partial charge in [-0.3, -0.25) is 0 Å². The average molecular weight is 226 g/mol. The van der Waals surface area contributed by atoms with Crippen molar-refractivity contribution in [2.75, 3.05) is 20.1 Å². The van der Waals surface area contributed by atoms with Crippen LogP contribution >= 0.6 is 11.3 Å². The van der Waals surface area contributed by atoms with Crippen LogP contribution < -0.4 is 0 Å². The summed E-state index contributed by atoms with van der Waals surface area (Å²) in [6, 6.07) is 0. The molecule has 0 aliphatic carbocycles. The number of thiazole rings is 1. The normalized spacial score (nSPS) is 22.1. The number of aromatic nitrogens is 1. The first-order chi connectivity index (χ1) is 7.15. The Hall–Kier alpha value is -0.940. The molecule has 1 aliphatic rings. The van der Waals surface area contributed by atoms with Gasteiger partial charge < -0.3 is 10.0 Å². The van der Waals surface area contributed by atoms with Crippen LogP contribution in [0.1, 0.15) is 21.9 Å². The van der Waals surface area contributed by atoms with E-state index in [-0.39, 0.29) is 5.69 Å². The van der Waals surface area contributed by atoms with E-state index in [4.69, 9.17) is 5.11 Å². The van der Waals surface area contributed by atoms with E-state index in [2.05, 4.69) is 16.9 Å². The Labute approximate surface area is 92.6 Å². The Kier molecular flexibility index (Phi) is 3.02. The highest BCUT2D eigenvalue weighted by molar-refractivity contribution is 7.09. The first-order valence-electron chi connectivity index (χ1n) is 5.01. The highest BCUT2D eigenvalue weighted by Crippen LogP contribution is 2.21. The zero-order valence-corrected chi connectivity index (χ0v) is 9.46. The maximum atomic E-state index is 10.6. The summed E-state index contributed by atoms with van der Waals surface area (Å²) in [6.07, 6.45) is 2.11. The quantitative estimate of drug-likeness (QED) is 0.845. The highest BCUT2D eigenvalue weighted by atomic mass is 32.1. The predicted molar refractivity (Wildman–Crippen MR) is 58.4 cm³/mol. The number of rotatable bonds is 3. The minimum absolute atomic E-state index is 0.182. The number of carboxylic acids is 1. The molecule has 15 heavy (non-hydrogen) atoms. The molecule has 1 N–H and O–H groups in total. The van der Waals surface area contributed by atoms with Crippen LogP contribution in [-0.4, -0.2) is 41.1 Å². The van der Waals surface area contributed by atoms with Gasteiger partial charge in [0.2, 0.25) is 0 Å². The predicted octanol–water partition coefficient (Wildman–Crippen LogP) is 1.34. The minimum atomic E-state index is -0.930. The SMILES string of the molecule is CN1CCC(Cc2nc(C(=O)O)cs2)C1. The second-order valence-corrected chi connectivity index (χ2v) is 5.00. The van der Waals surface area contributed by atoms with Crippen LogP contribution in [-0.2, 0) is 6.42 Å². The van der Waals surface area contributed by atoms with E-state index >= 15 is 0 Å². The fourth-order valence-electron chi connectivity index (χ4n) is 1.94. The Balaban J connectivity index is 1.96. The van der Waals surface area contributed by atoms with Crippen LogP contribution in [0.15, 0.2) is 5.38 Å². The lowest BCUT2D eigenvalue weighted by Crippen LogP contribution is -2.15. The number of hydrogen-bond donors (Lipinski definition) is 1. The number of carboxylic acid groups (broad SMARTS) is 1. The van der Waals surface area contributed by atoms with Gasteiger partial charge in [0, 0.05) is 18.3 Å². The molecule has 0 spiro atoms. The summed E-state index contributed by atoms with van der Waals surface area (Å²) in [5, 5.41) is 11.3. The van der Waals surface area contributed by atoms with Gasteiger partial charge in [-0.1, -0.05) is 0 Å². The molecule has 1 aromatic heterocycles. The Morgan fingerprint density at radius 1 is 1.80 bits per heavy atom. The van der Waals surface area contributed by atoms with Gasteiger partial charge in [-0.25, -0.2) is 9.78 Å². The summed E-state index contributed by atoms with van der Waals surface area (Å²) >= 11 is 1.46. The van der Waals surface area contributed by atoms with Crippen LogP contribution in [0.3, 0.4) is 0 Å². The third kappa shape index (κ3) is 2.54. The van der Waals surface area contributed by atoms with Crippen molar-refractivity contribution in [3.05, 3.63) is 16.1 Å². The lowest BCUT2D eigenvalue weighted by Gasteiger charge is -2.07. The lowest BCUT2D eigenvalue weighted by molar-refractivity contribution is 0.0691. The molecule has 1 unspecified atom stereocenters. The van der Waals surface area contributed by atoms with Crippen molar-refractivity contribution in [3.63, 3.8) is 0 Å². The third-order valence-electron chi connectivity index (χ3n) is 2.72. The standard InChI is InChI=1S/C10H14N2O2S/c1-12-3-2-7(5-12)4-9-11-8(6-15-9)10(13)14/h6-7H,2-5H2,1H3,(H,13,14). The van der Waals surface area contributed by atoms with Gasteiger partial charge in [0.1, 0.15) is 0 Å². The molecule has 0 amide bonds. The van der Waals surface area contributed by atoms with E-state index in [0.29, 0.717) is 5.92 Å². The number of carbonyl (C=O) groups is 1. The van der Waals surface area contributed by atoms with Gasteiger partial charge in [-0.2, -0.15) is 0 Å². The van der Waals surface area contributed by atoms with Crippen LogP contribution in [0.5, 0.6) is 0 Å². The van der Waals surface area contributed by atoms with Crippen LogP contribution in [0.25, 0.3) is 0 Å². The summed E-state index contributed by atoms with van der Waals surface area (Å²) in [5.74, 6) is -0.288. The monoisotopic (exact) mass is 226 g/mol. The zero-order valence-electron chi connectivity index (χ0n) is 8.64. The van der Waals surface area contributed by atoms with E-state index in [1.54, 1.807) is 5.38 Å². The molecule has 0 bridgehead atoms. The van der Waals surface area contributed by atoms with Gasteiger partial charge in [0.15, 0.2) is 5.69 Å². The van der Waals surface area contributed by atoms with E-state index in [1.165, 1.54) is 17.8 Å². The number of hydrogen-bond acceptors (Lipinski definition) is 4. The minimum Gasteiger partial charge on any atom is -0.476 e. The van der Waals surface area contributed by atoms with Crippen molar-refractivity contribution >= 4 is 17.3 Å². The molecule has 2 heterocycles. The molecule has 1 saturated heterocycles. The fraction of sp³-hybridized carbons (Fsp3) is 0.600. The average Bonchev–Trinajstić information content (AvgIpc) is 2.76. The van der Waals surface area contributed by atoms with Gasteiger partial charge in [0.05, 0.1) is 5.01 Å². The van der Waals surface area contributed by atoms with Crippen LogP contribution in [0, 0.1) is 5.92 Å². The summed E-state index contributed by atoms with van der Waals surface area (Å²) in [5.41, 5.74) is 0.182. The molecule has 82 valence electrons. The van der Waals surface area contributed by atoms with E-state index in [1.807, 2.05) is 0 Å². The van der Waals surface area contributed by atoms with Crippen molar-refractivity contribution in [2.45, 2.75) is 12.8 Å². The summed E-state index contributed by atoms with van der Waals surface area (Å²) in [6.45, 7) is 2.24. The first kappa shape index (κ1) is 10.6. The van der Waals surface area contributed by atoms with E-state index in [9.17, 15) is 4.79 Å². The second-order valence-electron chi connectivity index (χ2n) is 4.05. The van der Waals surface area contributed by atoms with Crippen molar-refractivity contribution in [2.24, 2.45) is 5.92 Å². The Morgan fingerprint density at radius 2 is 2.60 bits per heavy atom. The molecule has 4 nitrogen and oxygen atoms in total. The van der Waals surface area contributed by atoms with Gasteiger partial charge >= 0.3 is 5.97 Å². The molecule has 0 saturated carbocycles. The molecule has 2 rings (SSSR count). The maximum Gasteiger partial charge on any atom is 0.355 e. The Bertz CT molecular complexity index is 364. The van der Waals surface area contributed by atoms with Crippen LogP contribution in [0.4, 0.5) is 0 Å². The van der Waals surface area contributed by atoms with Crippen LogP contribution in [0.2, 0.25) is 0 Å². The molecule has 0 radical (unpaired) electrons. The summed E-state index contributed by atoms with van der Waals surface area (Å²) < 4.78 is 0. The Morgan fingerprint density at radius 3 is 3.13 bits per heavy atom. The van der Waals surface area contributed by atoms with Crippen molar-refractivity contribution in [3.8, 4) is 0 Å². The fourth-order valence-corrected chi connectivity index (χ4v) is 2.83. The van der Waals surface area contributed by atoms with Crippen molar-refractivity contribution in [1.82, 2.24) is 9.88 Å². The zero-order chi connectivity index (χ0) is 10.8. The smallest absolute Gasteiger partial charge is 0.355 e. The molecule has 5 heteroatoms. The second kappa shape index (κ2) is 4.28. The molecule has 1 atom stereocenters. The molecule has 1 fully saturated rings. The van der Waals surface area contributed by atoms with E-state index < -0.39 is 5.97 Å². The number of likely N-dealkylation sites (tertiary alicyclic amines) is 1. The molecular weight excluding hydrogens is 212 g/mol. The van der Waals surface area contributed by atoms with E-state index in [0.717, 1.165) is 24.5 Å². The molecule has 1 aromatic rings. The third-order valence-corrected chi connectivity index (χ3v) is 3.59. The summed E-state index contributed by atoms with van der Waals surface area (Å²) in [7, 11) is 2.12. The van der Waals surface area contributed by atoms with Crippen molar-refractivity contribution < 1.29 is 9.90 Å². The number of aromatic carboxylic acids is 1. The largest absolute Gasteiger partial charge is 0.476 e. The number of nitrogens with zero attached hydrogens (tertiary/aromatic N) is 2. The van der Waals surface area contributed by atoms with Gasteiger partial charge in [-0.05, 0) is 25.9 Å².